The third kappa shape index (κ3) is 2.26. The molecule has 1 aliphatic rings. The Morgan fingerprint density at radius 3 is 2.67 bits per heavy atom. The van der Waals surface area contributed by atoms with Gasteiger partial charge in [0.2, 0.25) is 0 Å². The highest BCUT2D eigenvalue weighted by Gasteiger charge is 2.16. The Morgan fingerprint density at radius 2 is 1.94 bits per heavy atom. The van der Waals surface area contributed by atoms with Crippen LogP contribution in [-0.4, -0.2) is 5.16 Å². The second kappa shape index (κ2) is 4.84. The molecule has 0 spiro atoms. The Morgan fingerprint density at radius 1 is 1.11 bits per heavy atom. The summed E-state index contributed by atoms with van der Waals surface area (Å²) in [5.41, 5.74) is 8.08. The normalized spacial score (nSPS) is 16.9. The predicted molar refractivity (Wildman–Crippen MR) is 72.2 cm³/mol. The van der Waals surface area contributed by atoms with E-state index in [0.29, 0.717) is 11.7 Å². The molecule has 0 unspecified atom stereocenters. The number of hydrogen-bond donors (Lipinski definition) is 1. The highest BCUT2D eigenvalue weighted by molar-refractivity contribution is 5.61. The average molecular weight is 242 g/mol. The van der Waals surface area contributed by atoms with Crippen LogP contribution in [0.1, 0.15) is 43.6 Å². The van der Waals surface area contributed by atoms with Crippen molar-refractivity contribution < 1.29 is 4.52 Å². The van der Waals surface area contributed by atoms with Crippen LogP contribution in [-0.2, 0) is 0 Å². The number of benzene rings is 1. The molecule has 0 bridgehead atoms. The number of nitrogens with zero attached hydrogens (tertiary/aromatic N) is 1. The zero-order valence-corrected chi connectivity index (χ0v) is 10.4. The van der Waals surface area contributed by atoms with Crippen LogP contribution in [0.2, 0.25) is 0 Å². The van der Waals surface area contributed by atoms with Gasteiger partial charge in [0.05, 0.1) is 0 Å². The van der Waals surface area contributed by atoms with Gasteiger partial charge < -0.3 is 10.3 Å². The van der Waals surface area contributed by atoms with Gasteiger partial charge in [-0.25, -0.2) is 0 Å². The van der Waals surface area contributed by atoms with Crippen molar-refractivity contribution in [2.24, 2.45) is 0 Å². The van der Waals surface area contributed by atoms with Gasteiger partial charge in [-0.2, -0.15) is 0 Å². The Bertz CT molecular complexity index is 527. The van der Waals surface area contributed by atoms with Gasteiger partial charge in [-0.15, -0.1) is 0 Å². The molecule has 1 aliphatic carbocycles. The molecule has 0 amide bonds. The Kier molecular flexibility index (Phi) is 3.05. The van der Waals surface area contributed by atoms with E-state index in [4.69, 9.17) is 10.3 Å². The molecule has 2 aromatic rings. The molecule has 3 heteroatoms. The Hall–Kier alpha value is -1.77. The summed E-state index contributed by atoms with van der Waals surface area (Å²) in [6.07, 6.45) is 6.70. The highest BCUT2D eigenvalue weighted by Crippen LogP contribution is 2.34. The fourth-order valence-corrected chi connectivity index (χ4v) is 2.81. The lowest BCUT2D eigenvalue weighted by atomic mass is 9.83. The molecule has 0 saturated heterocycles. The first-order valence-electron chi connectivity index (χ1n) is 6.65. The number of rotatable bonds is 2. The second-order valence-electron chi connectivity index (χ2n) is 5.08. The van der Waals surface area contributed by atoms with E-state index in [1.54, 1.807) is 6.07 Å². The monoisotopic (exact) mass is 242 g/mol. The lowest BCUT2D eigenvalue weighted by Gasteiger charge is -2.22. The van der Waals surface area contributed by atoms with E-state index < -0.39 is 0 Å². The summed E-state index contributed by atoms with van der Waals surface area (Å²) in [6, 6.07) is 10.4. The molecule has 0 radical (unpaired) electrons. The fourth-order valence-electron chi connectivity index (χ4n) is 2.81. The van der Waals surface area contributed by atoms with E-state index in [-0.39, 0.29) is 0 Å². The van der Waals surface area contributed by atoms with Crippen LogP contribution >= 0.6 is 0 Å². The summed E-state index contributed by atoms with van der Waals surface area (Å²) in [4.78, 5) is 0. The molecule has 1 saturated carbocycles. The molecule has 18 heavy (non-hydrogen) atoms. The fraction of sp³-hybridized carbons (Fsp3) is 0.400. The molecule has 3 nitrogen and oxygen atoms in total. The van der Waals surface area contributed by atoms with Gasteiger partial charge in [0, 0.05) is 11.6 Å². The molecule has 0 aliphatic heterocycles. The molecule has 1 aromatic heterocycles. The van der Waals surface area contributed by atoms with E-state index in [1.807, 2.05) is 6.07 Å². The highest BCUT2D eigenvalue weighted by atomic mass is 16.5. The predicted octanol–water partition coefficient (Wildman–Crippen LogP) is 3.97. The third-order valence-corrected chi connectivity index (χ3v) is 3.78. The zero-order valence-electron chi connectivity index (χ0n) is 10.4. The van der Waals surface area contributed by atoms with Crippen molar-refractivity contribution in [3.05, 3.63) is 35.9 Å². The SMILES string of the molecule is Nc1cc(-c2cccc(C3CCCCC3)c2)on1. The molecule has 1 fully saturated rings. The number of aromatic nitrogens is 1. The molecule has 1 aromatic carbocycles. The number of anilines is 1. The molecule has 94 valence electrons. The summed E-state index contributed by atoms with van der Waals surface area (Å²) in [5, 5.41) is 3.74. The Balaban J connectivity index is 1.88. The lowest BCUT2D eigenvalue weighted by Crippen LogP contribution is -2.04. The molecular formula is C15H18N2O. The van der Waals surface area contributed by atoms with Crippen LogP contribution in [0.25, 0.3) is 11.3 Å². The van der Waals surface area contributed by atoms with E-state index >= 15 is 0 Å². The van der Waals surface area contributed by atoms with E-state index in [0.717, 1.165) is 11.3 Å². The van der Waals surface area contributed by atoms with Crippen LogP contribution in [0.3, 0.4) is 0 Å². The van der Waals surface area contributed by atoms with Gasteiger partial charge >= 0.3 is 0 Å². The lowest BCUT2D eigenvalue weighted by molar-refractivity contribution is 0.434. The second-order valence-corrected chi connectivity index (χ2v) is 5.08. The maximum Gasteiger partial charge on any atom is 0.169 e. The minimum absolute atomic E-state index is 0.438. The number of hydrogen-bond acceptors (Lipinski definition) is 3. The van der Waals surface area contributed by atoms with E-state index in [2.05, 4.69) is 23.4 Å². The van der Waals surface area contributed by atoms with Gasteiger partial charge in [0.1, 0.15) is 0 Å². The summed E-state index contributed by atoms with van der Waals surface area (Å²) in [6.45, 7) is 0. The van der Waals surface area contributed by atoms with Gasteiger partial charge in [-0.1, -0.05) is 42.6 Å². The Labute approximate surface area is 107 Å². The van der Waals surface area contributed by atoms with Crippen molar-refractivity contribution in [1.82, 2.24) is 5.16 Å². The number of nitrogen functional groups attached to an aromatic ring is 1. The van der Waals surface area contributed by atoms with Crippen LogP contribution in [0.5, 0.6) is 0 Å². The minimum Gasteiger partial charge on any atom is -0.381 e. The topological polar surface area (TPSA) is 52.0 Å². The van der Waals surface area contributed by atoms with Crippen LogP contribution in [0.15, 0.2) is 34.9 Å². The summed E-state index contributed by atoms with van der Waals surface area (Å²) in [7, 11) is 0. The van der Waals surface area contributed by atoms with Crippen LogP contribution < -0.4 is 5.73 Å². The van der Waals surface area contributed by atoms with E-state index in [9.17, 15) is 0 Å². The van der Waals surface area contributed by atoms with Crippen molar-refractivity contribution in [3.8, 4) is 11.3 Å². The van der Waals surface area contributed by atoms with Gasteiger partial charge in [0.25, 0.3) is 0 Å². The summed E-state index contributed by atoms with van der Waals surface area (Å²) < 4.78 is 5.22. The first-order valence-corrected chi connectivity index (χ1v) is 6.65. The summed E-state index contributed by atoms with van der Waals surface area (Å²) >= 11 is 0. The van der Waals surface area contributed by atoms with Gasteiger partial charge in [0.15, 0.2) is 11.6 Å². The van der Waals surface area contributed by atoms with Crippen molar-refractivity contribution in [2.75, 3.05) is 5.73 Å². The number of nitrogens with two attached hydrogens (primary N) is 1. The van der Waals surface area contributed by atoms with Crippen LogP contribution in [0.4, 0.5) is 5.82 Å². The third-order valence-electron chi connectivity index (χ3n) is 3.78. The van der Waals surface area contributed by atoms with E-state index in [1.165, 1.54) is 37.7 Å². The molecule has 2 N–H and O–H groups in total. The zero-order chi connectivity index (χ0) is 12.4. The smallest absolute Gasteiger partial charge is 0.169 e. The van der Waals surface area contributed by atoms with Crippen molar-refractivity contribution >= 4 is 5.82 Å². The van der Waals surface area contributed by atoms with Crippen LogP contribution in [0, 0.1) is 0 Å². The van der Waals surface area contributed by atoms with Crippen molar-refractivity contribution in [2.45, 2.75) is 38.0 Å². The maximum atomic E-state index is 5.59. The molecule has 1 heterocycles. The average Bonchev–Trinajstić information content (AvgIpc) is 2.87. The van der Waals surface area contributed by atoms with Crippen molar-refractivity contribution in [1.29, 1.82) is 0 Å². The standard InChI is InChI=1S/C15H18N2O/c16-15-10-14(18-17-15)13-8-4-7-12(9-13)11-5-2-1-3-6-11/h4,7-11H,1-3,5-6H2,(H2,16,17). The van der Waals surface area contributed by atoms with Crippen molar-refractivity contribution in [3.63, 3.8) is 0 Å². The minimum atomic E-state index is 0.438. The quantitative estimate of drug-likeness (QED) is 0.866. The molecular weight excluding hydrogens is 224 g/mol. The largest absolute Gasteiger partial charge is 0.381 e. The molecule has 0 atom stereocenters. The first-order chi connectivity index (χ1) is 8.83. The maximum absolute atomic E-state index is 5.59. The van der Waals surface area contributed by atoms with Gasteiger partial charge in [-0.05, 0) is 30.4 Å². The van der Waals surface area contributed by atoms with Gasteiger partial charge in [-0.3, -0.25) is 0 Å². The summed E-state index contributed by atoms with van der Waals surface area (Å²) in [5.74, 6) is 1.90. The molecule has 3 rings (SSSR count). The first kappa shape index (κ1) is 11.3.